The fraction of sp³-hybridized carbons (Fsp3) is 0.870. The number of unbranched alkanes of at least 4 members (excludes halogenated alkanes) is 13. The maximum atomic E-state index is 11.9. The molecule has 0 saturated carbocycles. The molecule has 0 spiro atoms. The lowest BCUT2D eigenvalue weighted by Crippen LogP contribution is -2.11. The molecule has 0 fully saturated rings. The molecule has 0 aromatic carbocycles. The summed E-state index contributed by atoms with van der Waals surface area (Å²) in [6.07, 6.45) is 22.4. The molecule has 26 heavy (non-hydrogen) atoms. The maximum absolute atomic E-state index is 11.9. The van der Waals surface area contributed by atoms with Crippen LogP contribution in [-0.4, -0.2) is 24.3 Å². The topological polar surface area (TPSA) is 46.5 Å². The van der Waals surface area contributed by atoms with Crippen LogP contribution in [0.2, 0.25) is 0 Å². The molecular weight excluding hydrogens is 324 g/mol. The van der Waals surface area contributed by atoms with E-state index in [-0.39, 0.29) is 19.2 Å². The fourth-order valence-corrected chi connectivity index (χ4v) is 3.27. The number of aliphatic hydroxyl groups excluding tert-OH is 1. The monoisotopic (exact) mass is 368 g/mol. The first-order valence-corrected chi connectivity index (χ1v) is 11.2. The van der Waals surface area contributed by atoms with Crippen molar-refractivity contribution in [2.24, 2.45) is 0 Å². The van der Waals surface area contributed by atoms with Gasteiger partial charge in [0.05, 0.1) is 6.61 Å². The first-order valence-electron chi connectivity index (χ1n) is 11.2. The average Bonchev–Trinajstić information content (AvgIpc) is 2.65. The van der Waals surface area contributed by atoms with Crippen molar-refractivity contribution in [3.63, 3.8) is 0 Å². The molecule has 0 bridgehead atoms. The van der Waals surface area contributed by atoms with Crippen LogP contribution < -0.4 is 0 Å². The number of hydrogen-bond acceptors (Lipinski definition) is 3. The Kier molecular flexibility index (Phi) is 19.8. The zero-order chi connectivity index (χ0) is 19.3. The number of ether oxygens (including phenoxy) is 1. The quantitative estimate of drug-likeness (QED) is 0.156. The van der Waals surface area contributed by atoms with Crippen LogP contribution >= 0.6 is 0 Å². The lowest BCUT2D eigenvalue weighted by Gasteiger charge is -2.07. The van der Waals surface area contributed by atoms with E-state index < -0.39 is 0 Å². The Morgan fingerprint density at radius 1 is 0.769 bits per heavy atom. The Bertz CT molecular complexity index is 336. The number of esters is 1. The minimum absolute atomic E-state index is 0.0959. The van der Waals surface area contributed by atoms with Crippen molar-refractivity contribution in [3.8, 4) is 0 Å². The zero-order valence-corrected chi connectivity index (χ0v) is 17.6. The lowest BCUT2D eigenvalue weighted by atomic mass is 10.0. The van der Waals surface area contributed by atoms with Gasteiger partial charge in [-0.2, -0.15) is 0 Å². The molecule has 0 rings (SSSR count). The highest BCUT2D eigenvalue weighted by atomic mass is 16.5. The Labute approximate surface area is 162 Å². The smallest absolute Gasteiger partial charge is 0.333 e. The van der Waals surface area contributed by atoms with Crippen molar-refractivity contribution >= 4 is 5.97 Å². The number of carbonyl (C=O) groups excluding carboxylic acids is 1. The van der Waals surface area contributed by atoms with Gasteiger partial charge in [-0.15, -0.1) is 0 Å². The van der Waals surface area contributed by atoms with E-state index in [4.69, 9.17) is 9.84 Å². The Balaban J connectivity index is 3.45. The molecule has 0 aromatic rings. The molecular formula is C23H44O3. The van der Waals surface area contributed by atoms with Gasteiger partial charge in [0.2, 0.25) is 0 Å². The highest BCUT2D eigenvalue weighted by Crippen LogP contribution is 2.15. The van der Waals surface area contributed by atoms with Crippen LogP contribution in [0.3, 0.4) is 0 Å². The van der Waals surface area contributed by atoms with Crippen LogP contribution in [0.25, 0.3) is 0 Å². The third-order valence-corrected chi connectivity index (χ3v) is 4.84. The average molecular weight is 369 g/mol. The molecule has 154 valence electrons. The SMILES string of the molecule is CCC=C(CCCCCCCCCCCCCCCC)C(=O)OCCO. The maximum Gasteiger partial charge on any atom is 0.333 e. The second-order valence-electron chi connectivity index (χ2n) is 7.34. The number of aliphatic hydroxyl groups is 1. The van der Waals surface area contributed by atoms with E-state index in [2.05, 4.69) is 6.92 Å². The van der Waals surface area contributed by atoms with E-state index in [9.17, 15) is 4.79 Å². The van der Waals surface area contributed by atoms with Crippen LogP contribution in [0.5, 0.6) is 0 Å². The van der Waals surface area contributed by atoms with Crippen molar-refractivity contribution in [2.45, 2.75) is 117 Å². The van der Waals surface area contributed by atoms with E-state index in [1.165, 1.54) is 83.5 Å². The van der Waals surface area contributed by atoms with Gasteiger partial charge in [0.1, 0.15) is 6.61 Å². The van der Waals surface area contributed by atoms with E-state index >= 15 is 0 Å². The number of hydrogen-bond donors (Lipinski definition) is 1. The predicted molar refractivity (Wildman–Crippen MR) is 111 cm³/mol. The van der Waals surface area contributed by atoms with Gasteiger partial charge in [0, 0.05) is 5.57 Å². The lowest BCUT2D eigenvalue weighted by molar-refractivity contribution is -0.140. The van der Waals surface area contributed by atoms with Gasteiger partial charge in [-0.3, -0.25) is 0 Å². The number of carbonyl (C=O) groups is 1. The second-order valence-corrected chi connectivity index (χ2v) is 7.34. The van der Waals surface area contributed by atoms with Gasteiger partial charge >= 0.3 is 5.97 Å². The summed E-state index contributed by atoms with van der Waals surface area (Å²) in [6, 6.07) is 0. The number of rotatable bonds is 19. The summed E-state index contributed by atoms with van der Waals surface area (Å²) < 4.78 is 5.02. The molecule has 0 heterocycles. The predicted octanol–water partition coefficient (Wildman–Crippen LogP) is 6.73. The standard InChI is InChI=1S/C23H44O3/c1-3-5-6-7-8-9-10-11-12-13-14-15-16-17-19-22(18-4-2)23(25)26-21-20-24/h18,24H,3-17,19-21H2,1-2H3. The Morgan fingerprint density at radius 2 is 1.23 bits per heavy atom. The molecule has 0 unspecified atom stereocenters. The highest BCUT2D eigenvalue weighted by Gasteiger charge is 2.09. The molecule has 0 atom stereocenters. The molecule has 3 heteroatoms. The molecule has 0 aliphatic heterocycles. The van der Waals surface area contributed by atoms with Gasteiger partial charge in [0.25, 0.3) is 0 Å². The fourth-order valence-electron chi connectivity index (χ4n) is 3.27. The zero-order valence-electron chi connectivity index (χ0n) is 17.6. The van der Waals surface area contributed by atoms with Crippen LogP contribution in [0.1, 0.15) is 117 Å². The van der Waals surface area contributed by atoms with Crippen molar-refractivity contribution in [2.75, 3.05) is 13.2 Å². The molecule has 0 aliphatic rings. The molecule has 3 nitrogen and oxygen atoms in total. The molecule has 0 aromatic heterocycles. The van der Waals surface area contributed by atoms with Gasteiger partial charge in [0.15, 0.2) is 0 Å². The highest BCUT2D eigenvalue weighted by molar-refractivity contribution is 5.88. The second kappa shape index (κ2) is 20.5. The van der Waals surface area contributed by atoms with Crippen LogP contribution in [-0.2, 0) is 9.53 Å². The molecule has 0 radical (unpaired) electrons. The normalized spacial score (nSPS) is 11.7. The Morgan fingerprint density at radius 3 is 1.65 bits per heavy atom. The molecule has 0 aliphatic carbocycles. The summed E-state index contributed by atoms with van der Waals surface area (Å²) >= 11 is 0. The van der Waals surface area contributed by atoms with Crippen LogP contribution in [0.4, 0.5) is 0 Å². The summed E-state index contributed by atoms with van der Waals surface area (Å²) in [6.45, 7) is 4.29. The van der Waals surface area contributed by atoms with Crippen molar-refractivity contribution in [1.82, 2.24) is 0 Å². The van der Waals surface area contributed by atoms with Gasteiger partial charge in [-0.05, 0) is 19.3 Å². The number of allylic oxidation sites excluding steroid dienone is 1. The summed E-state index contributed by atoms with van der Waals surface area (Å²) in [5.41, 5.74) is 0.778. The third kappa shape index (κ3) is 16.6. The minimum atomic E-state index is -0.254. The van der Waals surface area contributed by atoms with E-state index in [0.717, 1.165) is 24.8 Å². The Hall–Kier alpha value is -0.830. The van der Waals surface area contributed by atoms with Crippen LogP contribution in [0.15, 0.2) is 11.6 Å². The molecule has 0 saturated heterocycles. The summed E-state index contributed by atoms with van der Waals surface area (Å²) in [7, 11) is 0. The van der Waals surface area contributed by atoms with E-state index in [0.29, 0.717) is 0 Å². The van der Waals surface area contributed by atoms with E-state index in [1.807, 2.05) is 13.0 Å². The van der Waals surface area contributed by atoms with Crippen molar-refractivity contribution in [3.05, 3.63) is 11.6 Å². The summed E-state index contributed by atoms with van der Waals surface area (Å²) in [5.74, 6) is -0.254. The minimum Gasteiger partial charge on any atom is -0.460 e. The van der Waals surface area contributed by atoms with Crippen LogP contribution in [0, 0.1) is 0 Å². The van der Waals surface area contributed by atoms with Gasteiger partial charge in [-0.1, -0.05) is 103 Å². The molecule has 0 amide bonds. The van der Waals surface area contributed by atoms with Gasteiger partial charge < -0.3 is 9.84 Å². The summed E-state index contributed by atoms with van der Waals surface area (Å²) in [4.78, 5) is 11.9. The largest absolute Gasteiger partial charge is 0.460 e. The summed E-state index contributed by atoms with van der Waals surface area (Å²) in [5, 5.41) is 8.74. The van der Waals surface area contributed by atoms with Crippen molar-refractivity contribution in [1.29, 1.82) is 0 Å². The van der Waals surface area contributed by atoms with Crippen molar-refractivity contribution < 1.29 is 14.6 Å². The molecule has 1 N–H and O–H groups in total. The first-order chi connectivity index (χ1) is 12.8. The van der Waals surface area contributed by atoms with Gasteiger partial charge in [-0.25, -0.2) is 4.79 Å². The van der Waals surface area contributed by atoms with E-state index in [1.54, 1.807) is 0 Å². The first kappa shape index (κ1) is 25.2. The third-order valence-electron chi connectivity index (χ3n) is 4.84.